The Morgan fingerprint density at radius 3 is 2.53 bits per heavy atom. The lowest BCUT2D eigenvalue weighted by molar-refractivity contribution is 1.26. The van der Waals surface area contributed by atoms with Gasteiger partial charge in [-0.3, -0.25) is 0 Å². The van der Waals surface area contributed by atoms with Crippen LogP contribution in [0.25, 0.3) is 12.2 Å². The molecule has 0 radical (unpaired) electrons. The van der Waals surface area contributed by atoms with E-state index in [1.165, 1.54) is 5.56 Å². The van der Waals surface area contributed by atoms with Gasteiger partial charge in [0, 0.05) is 12.4 Å². The molecule has 0 spiro atoms. The summed E-state index contributed by atoms with van der Waals surface area (Å²) >= 11 is 0. The number of aromatic amines is 1. The molecular weight excluding hydrogens is 184 g/mol. The molecule has 2 rings (SSSR count). The fourth-order valence-corrected chi connectivity index (χ4v) is 1.25. The first kappa shape index (κ1) is 9.46. The number of allylic oxidation sites excluding steroid dienone is 2. The van der Waals surface area contributed by atoms with Crippen molar-refractivity contribution in [3.63, 3.8) is 0 Å². The van der Waals surface area contributed by atoms with Gasteiger partial charge >= 0.3 is 0 Å². The third-order valence-corrected chi connectivity index (χ3v) is 1.97. The molecule has 0 bridgehead atoms. The molecule has 0 atom stereocenters. The zero-order valence-corrected chi connectivity index (χ0v) is 8.30. The van der Waals surface area contributed by atoms with E-state index in [1.807, 2.05) is 36.4 Å². The third kappa shape index (κ3) is 2.95. The lowest BCUT2D eigenvalue weighted by atomic mass is 10.2. The van der Waals surface area contributed by atoms with Crippen LogP contribution in [0.2, 0.25) is 0 Å². The van der Waals surface area contributed by atoms with Crippen LogP contribution in [-0.4, -0.2) is 9.97 Å². The molecule has 74 valence electrons. The Kier molecular flexibility index (Phi) is 3.13. The van der Waals surface area contributed by atoms with Crippen LogP contribution in [0.1, 0.15) is 11.4 Å². The highest BCUT2D eigenvalue weighted by atomic mass is 14.9. The minimum Gasteiger partial charge on any atom is -0.345 e. The van der Waals surface area contributed by atoms with Gasteiger partial charge in [0.2, 0.25) is 0 Å². The van der Waals surface area contributed by atoms with E-state index in [0.29, 0.717) is 0 Å². The van der Waals surface area contributed by atoms with Gasteiger partial charge in [0.05, 0.1) is 0 Å². The maximum absolute atomic E-state index is 4.08. The molecule has 0 fully saturated rings. The van der Waals surface area contributed by atoms with E-state index >= 15 is 0 Å². The Hall–Kier alpha value is -2.09. The number of H-pyrrole nitrogens is 1. The van der Waals surface area contributed by atoms with Crippen molar-refractivity contribution >= 4 is 12.2 Å². The van der Waals surface area contributed by atoms with Crippen LogP contribution in [-0.2, 0) is 0 Å². The van der Waals surface area contributed by atoms with Gasteiger partial charge in [0.15, 0.2) is 0 Å². The molecule has 1 aromatic heterocycles. The molecule has 1 aromatic carbocycles. The quantitative estimate of drug-likeness (QED) is 0.750. The fraction of sp³-hybridized carbons (Fsp3) is 0. The zero-order valence-electron chi connectivity index (χ0n) is 8.30. The van der Waals surface area contributed by atoms with Crippen LogP contribution in [0.15, 0.2) is 54.9 Å². The molecule has 2 aromatic rings. The SMILES string of the molecule is C(C=Cc1ncc[nH]1)=Cc1ccccc1. The molecule has 0 saturated carbocycles. The topological polar surface area (TPSA) is 28.7 Å². The largest absolute Gasteiger partial charge is 0.345 e. The molecule has 0 amide bonds. The van der Waals surface area contributed by atoms with Crippen LogP contribution in [0, 0.1) is 0 Å². The lowest BCUT2D eigenvalue weighted by Crippen LogP contribution is -1.71. The van der Waals surface area contributed by atoms with Gasteiger partial charge in [0.25, 0.3) is 0 Å². The van der Waals surface area contributed by atoms with E-state index in [4.69, 9.17) is 0 Å². The second kappa shape index (κ2) is 4.96. The van der Waals surface area contributed by atoms with Gasteiger partial charge in [0.1, 0.15) is 5.82 Å². The van der Waals surface area contributed by atoms with Gasteiger partial charge in [-0.25, -0.2) is 4.98 Å². The van der Waals surface area contributed by atoms with E-state index < -0.39 is 0 Å². The number of benzene rings is 1. The van der Waals surface area contributed by atoms with Crippen LogP contribution in [0.3, 0.4) is 0 Å². The van der Waals surface area contributed by atoms with Crippen molar-refractivity contribution in [3.05, 3.63) is 66.3 Å². The maximum Gasteiger partial charge on any atom is 0.129 e. The Balaban J connectivity index is 1.96. The summed E-state index contributed by atoms with van der Waals surface area (Å²) in [4.78, 5) is 7.09. The first-order valence-electron chi connectivity index (χ1n) is 4.84. The molecule has 1 heterocycles. The summed E-state index contributed by atoms with van der Waals surface area (Å²) in [5.74, 6) is 0.868. The maximum atomic E-state index is 4.08. The Labute approximate surface area is 89.0 Å². The van der Waals surface area contributed by atoms with Crippen LogP contribution in [0.5, 0.6) is 0 Å². The summed E-state index contributed by atoms with van der Waals surface area (Å²) in [6.07, 6.45) is 11.5. The van der Waals surface area contributed by atoms with Crippen molar-refractivity contribution in [3.8, 4) is 0 Å². The Bertz CT molecular complexity index is 439. The number of nitrogens with zero attached hydrogens (tertiary/aromatic N) is 1. The second-order valence-electron chi connectivity index (χ2n) is 3.10. The number of hydrogen-bond donors (Lipinski definition) is 1. The van der Waals surface area contributed by atoms with E-state index in [2.05, 4.69) is 28.2 Å². The highest BCUT2D eigenvalue weighted by Gasteiger charge is 1.83. The van der Waals surface area contributed by atoms with Crippen molar-refractivity contribution in [2.45, 2.75) is 0 Å². The van der Waals surface area contributed by atoms with Crippen molar-refractivity contribution in [2.24, 2.45) is 0 Å². The first-order chi connectivity index (χ1) is 7.45. The standard InChI is InChI=1S/C13H12N2/c1-2-6-12(7-3-1)8-4-5-9-13-14-10-11-15-13/h1-11H,(H,14,15). The molecule has 0 aliphatic heterocycles. The number of rotatable bonds is 3. The van der Waals surface area contributed by atoms with Crippen LogP contribution < -0.4 is 0 Å². The predicted octanol–water partition coefficient (Wildman–Crippen LogP) is 3.14. The summed E-state index contributed by atoms with van der Waals surface area (Å²) in [5, 5.41) is 0. The predicted molar refractivity (Wildman–Crippen MR) is 63.1 cm³/mol. The van der Waals surface area contributed by atoms with Crippen molar-refractivity contribution < 1.29 is 0 Å². The van der Waals surface area contributed by atoms with Gasteiger partial charge in [-0.2, -0.15) is 0 Å². The van der Waals surface area contributed by atoms with E-state index in [0.717, 1.165) is 5.82 Å². The molecule has 0 aliphatic rings. The highest BCUT2D eigenvalue weighted by Crippen LogP contribution is 2.01. The summed E-state index contributed by atoms with van der Waals surface area (Å²) in [6.45, 7) is 0. The lowest BCUT2D eigenvalue weighted by Gasteiger charge is -1.88. The average Bonchev–Trinajstić information content (AvgIpc) is 2.79. The van der Waals surface area contributed by atoms with E-state index in [9.17, 15) is 0 Å². The molecule has 15 heavy (non-hydrogen) atoms. The van der Waals surface area contributed by atoms with E-state index in [-0.39, 0.29) is 0 Å². The van der Waals surface area contributed by atoms with E-state index in [1.54, 1.807) is 12.4 Å². The van der Waals surface area contributed by atoms with Crippen molar-refractivity contribution in [1.29, 1.82) is 0 Å². The van der Waals surface area contributed by atoms with Crippen molar-refractivity contribution in [2.75, 3.05) is 0 Å². The highest BCUT2D eigenvalue weighted by molar-refractivity contribution is 5.54. The fourth-order valence-electron chi connectivity index (χ4n) is 1.25. The first-order valence-corrected chi connectivity index (χ1v) is 4.84. The minimum absolute atomic E-state index is 0.868. The number of hydrogen-bond acceptors (Lipinski definition) is 1. The van der Waals surface area contributed by atoms with Gasteiger partial charge < -0.3 is 4.98 Å². The molecule has 2 nitrogen and oxygen atoms in total. The van der Waals surface area contributed by atoms with Crippen LogP contribution in [0.4, 0.5) is 0 Å². The Morgan fingerprint density at radius 2 is 1.80 bits per heavy atom. The van der Waals surface area contributed by atoms with Crippen molar-refractivity contribution in [1.82, 2.24) is 9.97 Å². The average molecular weight is 196 g/mol. The molecular formula is C13H12N2. The van der Waals surface area contributed by atoms with Gasteiger partial charge in [-0.05, 0) is 11.6 Å². The third-order valence-electron chi connectivity index (χ3n) is 1.97. The minimum atomic E-state index is 0.868. The number of nitrogens with one attached hydrogen (secondary N) is 1. The van der Waals surface area contributed by atoms with Crippen LogP contribution >= 0.6 is 0 Å². The number of imidazole rings is 1. The van der Waals surface area contributed by atoms with Gasteiger partial charge in [-0.1, -0.05) is 48.6 Å². The normalized spacial score (nSPS) is 11.5. The monoisotopic (exact) mass is 196 g/mol. The second-order valence-corrected chi connectivity index (χ2v) is 3.10. The Morgan fingerprint density at radius 1 is 1.00 bits per heavy atom. The molecule has 0 aliphatic carbocycles. The smallest absolute Gasteiger partial charge is 0.129 e. The molecule has 2 heteroatoms. The van der Waals surface area contributed by atoms with Gasteiger partial charge in [-0.15, -0.1) is 0 Å². The summed E-state index contributed by atoms with van der Waals surface area (Å²) in [7, 11) is 0. The molecule has 1 N–H and O–H groups in total. The number of aromatic nitrogens is 2. The summed E-state index contributed by atoms with van der Waals surface area (Å²) in [6, 6.07) is 10.2. The molecule has 0 unspecified atom stereocenters. The summed E-state index contributed by atoms with van der Waals surface area (Å²) in [5.41, 5.74) is 1.20. The zero-order chi connectivity index (χ0) is 10.3. The summed E-state index contributed by atoms with van der Waals surface area (Å²) < 4.78 is 0. The molecule has 0 saturated heterocycles.